The SMILES string of the molecule is CCCCC.c1ccc2ncccc2c1. The van der Waals surface area contributed by atoms with Gasteiger partial charge in [0.1, 0.15) is 0 Å². The number of aromatic nitrogens is 1. The number of rotatable bonds is 2. The monoisotopic (exact) mass is 201 g/mol. The van der Waals surface area contributed by atoms with E-state index in [2.05, 4.69) is 31.0 Å². The van der Waals surface area contributed by atoms with E-state index in [1.165, 1.54) is 24.6 Å². The van der Waals surface area contributed by atoms with Crippen molar-refractivity contribution in [3.63, 3.8) is 0 Å². The van der Waals surface area contributed by atoms with Crippen molar-refractivity contribution in [3.05, 3.63) is 42.6 Å². The second-order valence-electron chi connectivity index (χ2n) is 3.55. The number of nitrogens with zero attached hydrogens (tertiary/aromatic N) is 1. The quantitative estimate of drug-likeness (QED) is 0.700. The minimum Gasteiger partial charge on any atom is -0.256 e. The Balaban J connectivity index is 0.000000195. The average Bonchev–Trinajstić information content (AvgIpc) is 2.31. The van der Waals surface area contributed by atoms with E-state index in [0.717, 1.165) is 5.52 Å². The van der Waals surface area contributed by atoms with Crippen molar-refractivity contribution in [1.82, 2.24) is 4.98 Å². The van der Waals surface area contributed by atoms with Crippen molar-refractivity contribution in [2.24, 2.45) is 0 Å². The smallest absolute Gasteiger partial charge is 0.0701 e. The standard InChI is InChI=1S/C9H7N.C5H12/c1-2-6-9-8(4-1)5-3-7-10-9;1-3-5-4-2/h1-7H;3-5H2,1-2H3. The first kappa shape index (κ1) is 11.7. The van der Waals surface area contributed by atoms with Gasteiger partial charge in [-0.3, -0.25) is 4.98 Å². The van der Waals surface area contributed by atoms with Crippen LogP contribution in [0.3, 0.4) is 0 Å². The van der Waals surface area contributed by atoms with E-state index in [9.17, 15) is 0 Å². The molecule has 0 aliphatic rings. The molecular weight excluding hydrogens is 182 g/mol. The van der Waals surface area contributed by atoms with Crippen LogP contribution in [0.4, 0.5) is 0 Å². The van der Waals surface area contributed by atoms with Crippen LogP contribution in [-0.4, -0.2) is 4.98 Å². The Kier molecular flexibility index (Phi) is 5.46. The molecule has 0 amide bonds. The van der Waals surface area contributed by atoms with Gasteiger partial charge >= 0.3 is 0 Å². The summed E-state index contributed by atoms with van der Waals surface area (Å²) < 4.78 is 0. The van der Waals surface area contributed by atoms with Gasteiger partial charge in [-0.2, -0.15) is 0 Å². The molecule has 2 aromatic rings. The lowest BCUT2D eigenvalue weighted by molar-refractivity contribution is 0.772. The van der Waals surface area contributed by atoms with Gasteiger partial charge in [-0.05, 0) is 12.1 Å². The summed E-state index contributed by atoms with van der Waals surface area (Å²) in [6, 6.07) is 12.1. The Morgan fingerprint density at radius 1 is 0.933 bits per heavy atom. The summed E-state index contributed by atoms with van der Waals surface area (Å²) in [5.74, 6) is 0. The fourth-order valence-electron chi connectivity index (χ4n) is 1.37. The molecule has 0 unspecified atom stereocenters. The minimum absolute atomic E-state index is 1.06. The van der Waals surface area contributed by atoms with Gasteiger partial charge in [0.2, 0.25) is 0 Å². The summed E-state index contributed by atoms with van der Waals surface area (Å²) in [5.41, 5.74) is 1.06. The van der Waals surface area contributed by atoms with Crippen molar-refractivity contribution in [2.75, 3.05) is 0 Å². The van der Waals surface area contributed by atoms with Crippen LogP contribution in [0, 0.1) is 0 Å². The summed E-state index contributed by atoms with van der Waals surface area (Å²) >= 11 is 0. The number of hydrogen-bond acceptors (Lipinski definition) is 1. The minimum atomic E-state index is 1.06. The highest BCUT2D eigenvalue weighted by Gasteiger charge is 1.86. The number of hydrogen-bond donors (Lipinski definition) is 0. The molecule has 0 spiro atoms. The topological polar surface area (TPSA) is 12.9 Å². The molecule has 1 aromatic carbocycles. The van der Waals surface area contributed by atoms with E-state index in [0.29, 0.717) is 0 Å². The number of fused-ring (bicyclic) bond motifs is 1. The second kappa shape index (κ2) is 6.99. The van der Waals surface area contributed by atoms with E-state index in [1.807, 2.05) is 30.5 Å². The van der Waals surface area contributed by atoms with Gasteiger partial charge in [0.15, 0.2) is 0 Å². The molecule has 1 nitrogen and oxygen atoms in total. The molecule has 0 atom stereocenters. The summed E-state index contributed by atoms with van der Waals surface area (Å²) in [6.07, 6.45) is 5.88. The van der Waals surface area contributed by atoms with Crippen LogP contribution in [0.2, 0.25) is 0 Å². The second-order valence-corrected chi connectivity index (χ2v) is 3.55. The van der Waals surface area contributed by atoms with Gasteiger partial charge in [0, 0.05) is 11.6 Å². The van der Waals surface area contributed by atoms with Crippen molar-refractivity contribution >= 4 is 10.9 Å². The van der Waals surface area contributed by atoms with Crippen molar-refractivity contribution in [1.29, 1.82) is 0 Å². The van der Waals surface area contributed by atoms with Gasteiger partial charge in [-0.25, -0.2) is 0 Å². The van der Waals surface area contributed by atoms with E-state index in [1.54, 1.807) is 0 Å². The van der Waals surface area contributed by atoms with Crippen LogP contribution in [-0.2, 0) is 0 Å². The van der Waals surface area contributed by atoms with E-state index < -0.39 is 0 Å². The molecule has 15 heavy (non-hydrogen) atoms. The molecule has 0 aliphatic carbocycles. The molecular formula is C14H19N. The summed E-state index contributed by atoms with van der Waals surface area (Å²) in [4.78, 5) is 4.18. The summed E-state index contributed by atoms with van der Waals surface area (Å²) in [5, 5.41) is 1.20. The first-order chi connectivity index (χ1) is 7.38. The van der Waals surface area contributed by atoms with Gasteiger partial charge in [0.05, 0.1) is 5.52 Å². The highest BCUT2D eigenvalue weighted by Crippen LogP contribution is 2.07. The number of pyridine rings is 1. The summed E-state index contributed by atoms with van der Waals surface area (Å²) in [6.45, 7) is 4.42. The maximum absolute atomic E-state index is 4.18. The fraction of sp³-hybridized carbons (Fsp3) is 0.357. The normalized spacial score (nSPS) is 9.47. The number of unbranched alkanes of at least 4 members (excludes halogenated alkanes) is 2. The fourth-order valence-corrected chi connectivity index (χ4v) is 1.37. The molecule has 0 fully saturated rings. The zero-order chi connectivity index (χ0) is 10.9. The Morgan fingerprint density at radius 2 is 1.60 bits per heavy atom. The van der Waals surface area contributed by atoms with E-state index in [-0.39, 0.29) is 0 Å². The highest BCUT2D eigenvalue weighted by molar-refractivity contribution is 5.77. The lowest BCUT2D eigenvalue weighted by atomic mass is 10.2. The van der Waals surface area contributed by atoms with Crippen LogP contribution in [0.25, 0.3) is 10.9 Å². The Morgan fingerprint density at radius 3 is 2.20 bits per heavy atom. The first-order valence-corrected chi connectivity index (χ1v) is 5.68. The highest BCUT2D eigenvalue weighted by atomic mass is 14.6. The van der Waals surface area contributed by atoms with Gasteiger partial charge in [-0.15, -0.1) is 0 Å². The van der Waals surface area contributed by atoms with Crippen molar-refractivity contribution in [2.45, 2.75) is 33.1 Å². The lowest BCUT2D eigenvalue weighted by Crippen LogP contribution is -1.73. The van der Waals surface area contributed by atoms with Crippen LogP contribution in [0.1, 0.15) is 33.1 Å². The van der Waals surface area contributed by atoms with Crippen LogP contribution in [0.15, 0.2) is 42.6 Å². The van der Waals surface area contributed by atoms with Gasteiger partial charge < -0.3 is 0 Å². The molecule has 0 radical (unpaired) electrons. The van der Waals surface area contributed by atoms with Gasteiger partial charge in [0.25, 0.3) is 0 Å². The lowest BCUT2D eigenvalue weighted by Gasteiger charge is -1.91. The van der Waals surface area contributed by atoms with Crippen LogP contribution < -0.4 is 0 Å². The molecule has 1 heterocycles. The predicted octanol–water partition coefficient (Wildman–Crippen LogP) is 4.43. The molecule has 80 valence electrons. The van der Waals surface area contributed by atoms with E-state index >= 15 is 0 Å². The predicted molar refractivity (Wildman–Crippen MR) is 66.9 cm³/mol. The molecule has 1 heteroatoms. The molecule has 0 saturated carbocycles. The maximum Gasteiger partial charge on any atom is 0.0701 e. The summed E-state index contributed by atoms with van der Waals surface area (Å²) in [7, 11) is 0. The largest absolute Gasteiger partial charge is 0.256 e. The Hall–Kier alpha value is -1.37. The van der Waals surface area contributed by atoms with E-state index in [4.69, 9.17) is 0 Å². The third-order valence-corrected chi connectivity index (χ3v) is 2.22. The molecule has 1 aromatic heterocycles. The first-order valence-electron chi connectivity index (χ1n) is 5.68. The molecule has 0 aliphatic heterocycles. The molecule has 0 saturated heterocycles. The van der Waals surface area contributed by atoms with Crippen LogP contribution >= 0.6 is 0 Å². The maximum atomic E-state index is 4.18. The van der Waals surface area contributed by atoms with Crippen molar-refractivity contribution < 1.29 is 0 Å². The zero-order valence-corrected chi connectivity index (χ0v) is 9.61. The molecule has 0 bridgehead atoms. The Labute approximate surface area is 92.2 Å². The number of benzene rings is 1. The third-order valence-electron chi connectivity index (χ3n) is 2.22. The Bertz CT molecular complexity index is 314. The zero-order valence-electron chi connectivity index (χ0n) is 9.61. The van der Waals surface area contributed by atoms with Crippen molar-refractivity contribution in [3.8, 4) is 0 Å². The number of para-hydroxylation sites is 1. The average molecular weight is 201 g/mol. The van der Waals surface area contributed by atoms with Gasteiger partial charge in [-0.1, -0.05) is 57.4 Å². The molecule has 2 rings (SSSR count). The molecule has 0 N–H and O–H groups in total. The van der Waals surface area contributed by atoms with Crippen LogP contribution in [0.5, 0.6) is 0 Å². The third kappa shape index (κ3) is 4.11.